The molecule has 0 aromatic heterocycles. The van der Waals surface area contributed by atoms with Gasteiger partial charge in [0.1, 0.15) is 5.75 Å². The third-order valence-electron chi connectivity index (χ3n) is 3.43. The largest absolute Gasteiger partial charge is 0.496 e. The lowest BCUT2D eigenvalue weighted by Gasteiger charge is -2.25. The van der Waals surface area contributed by atoms with E-state index < -0.39 is 0 Å². The lowest BCUT2D eigenvalue weighted by atomic mass is 9.98. The highest BCUT2D eigenvalue weighted by molar-refractivity contribution is 5.91. The molecule has 0 bridgehead atoms. The Hall–Kier alpha value is -1.58. The molecular formula is C15H17NO2. The highest BCUT2D eigenvalue weighted by Gasteiger charge is 2.18. The monoisotopic (exact) mass is 243 g/mol. The first-order chi connectivity index (χ1) is 8.90. The summed E-state index contributed by atoms with van der Waals surface area (Å²) >= 11 is 0. The Balaban J connectivity index is 2.12. The van der Waals surface area contributed by atoms with Crippen molar-refractivity contribution < 1.29 is 9.47 Å². The maximum atomic E-state index is 5.55. The minimum atomic E-state index is 0.273. The number of ether oxygens (including phenoxy) is 2. The molecule has 0 unspecified atom stereocenters. The summed E-state index contributed by atoms with van der Waals surface area (Å²) in [4.78, 5) is 0. The van der Waals surface area contributed by atoms with Crippen LogP contribution in [0.2, 0.25) is 0 Å². The van der Waals surface area contributed by atoms with Crippen LogP contribution in [0.25, 0.3) is 10.8 Å². The lowest BCUT2D eigenvalue weighted by molar-refractivity contribution is 0.0773. The number of rotatable bonds is 2. The second-order valence-corrected chi connectivity index (χ2v) is 4.48. The minimum absolute atomic E-state index is 0.273. The Morgan fingerprint density at radius 2 is 2.00 bits per heavy atom. The number of benzene rings is 2. The lowest BCUT2D eigenvalue weighted by Crippen LogP contribution is -2.34. The van der Waals surface area contributed by atoms with Crippen molar-refractivity contribution >= 4 is 10.8 Å². The van der Waals surface area contributed by atoms with Crippen LogP contribution in [-0.4, -0.2) is 26.9 Å². The number of nitrogens with one attached hydrogen (secondary N) is 1. The minimum Gasteiger partial charge on any atom is -0.496 e. The van der Waals surface area contributed by atoms with Crippen LogP contribution in [0.5, 0.6) is 5.75 Å². The van der Waals surface area contributed by atoms with Gasteiger partial charge in [0.15, 0.2) is 0 Å². The first-order valence-electron chi connectivity index (χ1n) is 6.27. The summed E-state index contributed by atoms with van der Waals surface area (Å²) in [6, 6.07) is 12.8. The summed E-state index contributed by atoms with van der Waals surface area (Å²) in [5, 5.41) is 5.89. The molecule has 0 aliphatic carbocycles. The SMILES string of the molecule is COc1ccc([C@@H]2COCCN2)c2ccccc12. The van der Waals surface area contributed by atoms with Crippen molar-refractivity contribution in [2.24, 2.45) is 0 Å². The van der Waals surface area contributed by atoms with Crippen molar-refractivity contribution in [3.8, 4) is 5.75 Å². The van der Waals surface area contributed by atoms with E-state index in [-0.39, 0.29) is 6.04 Å². The molecule has 0 radical (unpaired) electrons. The zero-order valence-electron chi connectivity index (χ0n) is 10.5. The number of hydrogen-bond acceptors (Lipinski definition) is 3. The molecule has 3 heteroatoms. The van der Waals surface area contributed by atoms with E-state index >= 15 is 0 Å². The fourth-order valence-corrected chi connectivity index (χ4v) is 2.54. The van der Waals surface area contributed by atoms with Gasteiger partial charge in [0, 0.05) is 11.9 Å². The smallest absolute Gasteiger partial charge is 0.126 e. The van der Waals surface area contributed by atoms with Crippen molar-refractivity contribution in [1.82, 2.24) is 5.32 Å². The van der Waals surface area contributed by atoms with E-state index in [0.717, 1.165) is 30.9 Å². The zero-order chi connectivity index (χ0) is 12.4. The molecule has 1 heterocycles. The number of fused-ring (bicyclic) bond motifs is 1. The van der Waals surface area contributed by atoms with E-state index in [1.54, 1.807) is 7.11 Å². The van der Waals surface area contributed by atoms with Crippen molar-refractivity contribution in [2.45, 2.75) is 6.04 Å². The third kappa shape index (κ3) is 1.96. The van der Waals surface area contributed by atoms with E-state index in [1.165, 1.54) is 10.9 Å². The number of hydrogen-bond donors (Lipinski definition) is 1. The molecule has 1 saturated heterocycles. The predicted molar refractivity (Wildman–Crippen MR) is 72.1 cm³/mol. The predicted octanol–water partition coefficient (Wildman–Crippen LogP) is 2.51. The molecule has 0 amide bonds. The Morgan fingerprint density at radius 3 is 2.72 bits per heavy atom. The van der Waals surface area contributed by atoms with Crippen LogP contribution in [0.15, 0.2) is 36.4 Å². The average molecular weight is 243 g/mol. The van der Waals surface area contributed by atoms with Crippen LogP contribution < -0.4 is 10.1 Å². The molecule has 1 atom stereocenters. The van der Waals surface area contributed by atoms with Gasteiger partial charge in [-0.05, 0) is 17.0 Å². The molecule has 1 N–H and O–H groups in total. The third-order valence-corrected chi connectivity index (χ3v) is 3.43. The van der Waals surface area contributed by atoms with Gasteiger partial charge in [0.2, 0.25) is 0 Å². The second-order valence-electron chi connectivity index (χ2n) is 4.48. The van der Waals surface area contributed by atoms with Gasteiger partial charge < -0.3 is 14.8 Å². The van der Waals surface area contributed by atoms with E-state index in [2.05, 4.69) is 29.6 Å². The van der Waals surface area contributed by atoms with Gasteiger partial charge in [-0.3, -0.25) is 0 Å². The second kappa shape index (κ2) is 4.96. The van der Waals surface area contributed by atoms with Gasteiger partial charge in [0.25, 0.3) is 0 Å². The number of methoxy groups -OCH3 is 1. The normalized spacial score (nSPS) is 19.9. The number of morpholine rings is 1. The van der Waals surface area contributed by atoms with Crippen molar-refractivity contribution in [3.63, 3.8) is 0 Å². The first kappa shape index (κ1) is 11.5. The van der Waals surface area contributed by atoms with Gasteiger partial charge >= 0.3 is 0 Å². The van der Waals surface area contributed by atoms with E-state index in [9.17, 15) is 0 Å². The van der Waals surface area contributed by atoms with Crippen molar-refractivity contribution in [1.29, 1.82) is 0 Å². The molecule has 18 heavy (non-hydrogen) atoms. The molecular weight excluding hydrogens is 226 g/mol. The summed E-state index contributed by atoms with van der Waals surface area (Å²) in [6.45, 7) is 2.44. The molecule has 3 nitrogen and oxygen atoms in total. The molecule has 1 fully saturated rings. The van der Waals surface area contributed by atoms with Crippen LogP contribution in [0.4, 0.5) is 0 Å². The van der Waals surface area contributed by atoms with Crippen LogP contribution in [0.3, 0.4) is 0 Å². The van der Waals surface area contributed by atoms with Gasteiger partial charge in [-0.2, -0.15) is 0 Å². The molecule has 2 aromatic rings. The van der Waals surface area contributed by atoms with E-state index in [1.807, 2.05) is 12.1 Å². The molecule has 0 saturated carbocycles. The Bertz CT molecular complexity index is 547. The summed E-state index contributed by atoms with van der Waals surface area (Å²) < 4.78 is 11.0. The molecule has 3 rings (SSSR count). The fraction of sp³-hybridized carbons (Fsp3) is 0.333. The summed E-state index contributed by atoms with van der Waals surface area (Å²) in [6.07, 6.45) is 0. The van der Waals surface area contributed by atoms with E-state index in [0.29, 0.717) is 0 Å². The molecule has 1 aliphatic rings. The fourth-order valence-electron chi connectivity index (χ4n) is 2.54. The summed E-state index contributed by atoms with van der Waals surface area (Å²) in [5.41, 5.74) is 1.28. The molecule has 0 spiro atoms. The van der Waals surface area contributed by atoms with Crippen LogP contribution in [0.1, 0.15) is 11.6 Å². The Morgan fingerprint density at radius 1 is 1.17 bits per heavy atom. The zero-order valence-corrected chi connectivity index (χ0v) is 10.5. The molecule has 2 aromatic carbocycles. The van der Waals surface area contributed by atoms with Crippen LogP contribution in [-0.2, 0) is 4.74 Å². The quantitative estimate of drug-likeness (QED) is 0.879. The van der Waals surface area contributed by atoms with Crippen LogP contribution >= 0.6 is 0 Å². The maximum Gasteiger partial charge on any atom is 0.126 e. The molecule has 1 aliphatic heterocycles. The molecule has 94 valence electrons. The Kier molecular flexibility index (Phi) is 3.17. The maximum absolute atomic E-state index is 5.55. The first-order valence-corrected chi connectivity index (χ1v) is 6.27. The standard InChI is InChI=1S/C15H17NO2/c1-17-15-7-6-12(14-10-18-9-8-16-14)11-4-2-3-5-13(11)15/h2-7,14,16H,8-10H2,1H3/t14-/m0/s1. The van der Waals surface area contributed by atoms with Crippen LogP contribution in [0, 0.1) is 0 Å². The van der Waals surface area contributed by atoms with Gasteiger partial charge in [-0.25, -0.2) is 0 Å². The summed E-state index contributed by atoms with van der Waals surface area (Å²) in [7, 11) is 1.71. The summed E-state index contributed by atoms with van der Waals surface area (Å²) in [5.74, 6) is 0.922. The van der Waals surface area contributed by atoms with E-state index in [4.69, 9.17) is 9.47 Å². The van der Waals surface area contributed by atoms with Gasteiger partial charge in [-0.15, -0.1) is 0 Å². The Labute approximate surface area is 107 Å². The van der Waals surface area contributed by atoms with Crippen molar-refractivity contribution in [2.75, 3.05) is 26.9 Å². The van der Waals surface area contributed by atoms with Crippen molar-refractivity contribution in [3.05, 3.63) is 42.0 Å². The topological polar surface area (TPSA) is 30.5 Å². The average Bonchev–Trinajstić information content (AvgIpc) is 2.47. The van der Waals surface area contributed by atoms with Gasteiger partial charge in [-0.1, -0.05) is 30.3 Å². The highest BCUT2D eigenvalue weighted by Crippen LogP contribution is 2.32. The highest BCUT2D eigenvalue weighted by atomic mass is 16.5. The van der Waals surface area contributed by atoms with Gasteiger partial charge in [0.05, 0.1) is 26.4 Å².